The van der Waals surface area contributed by atoms with Gasteiger partial charge in [0.05, 0.1) is 6.54 Å². The van der Waals surface area contributed by atoms with Crippen LogP contribution >= 0.6 is 0 Å². The number of nitrogens with zero attached hydrogens (tertiary/aromatic N) is 1. The van der Waals surface area contributed by atoms with Crippen LogP contribution in [0.25, 0.3) is 0 Å². The molecule has 1 aliphatic rings. The minimum Gasteiger partial charge on any atom is -0.489 e. The number of halogens is 1. The minimum absolute atomic E-state index is 0.173. The molecule has 0 unspecified atom stereocenters. The van der Waals surface area contributed by atoms with Crippen molar-refractivity contribution in [3.63, 3.8) is 0 Å². The fraction of sp³-hybridized carbons (Fsp3) is 0.562. The Morgan fingerprint density at radius 1 is 1.35 bits per heavy atom. The van der Waals surface area contributed by atoms with Gasteiger partial charge in [-0.3, -0.25) is 4.79 Å². The van der Waals surface area contributed by atoms with Crippen LogP contribution in [0.5, 0.6) is 5.75 Å². The number of benzene rings is 1. The van der Waals surface area contributed by atoms with Crippen molar-refractivity contribution in [2.24, 2.45) is 5.41 Å². The molecule has 0 spiro atoms. The third-order valence-electron chi connectivity index (χ3n) is 4.09. The van der Waals surface area contributed by atoms with Gasteiger partial charge >= 0.3 is 0 Å². The maximum absolute atomic E-state index is 13.4. The number of carbonyl (C=O) groups is 1. The van der Waals surface area contributed by atoms with E-state index in [0.29, 0.717) is 13.2 Å². The van der Waals surface area contributed by atoms with Crippen molar-refractivity contribution in [1.82, 2.24) is 4.90 Å². The summed E-state index contributed by atoms with van der Waals surface area (Å²) in [5, 5.41) is 0. The molecule has 110 valence electrons. The first-order valence-corrected chi connectivity index (χ1v) is 7.16. The molecule has 0 radical (unpaired) electrons. The summed E-state index contributed by atoms with van der Waals surface area (Å²) in [7, 11) is 1.79. The molecular weight excluding hydrogens is 257 g/mol. The van der Waals surface area contributed by atoms with Crippen molar-refractivity contribution in [1.29, 1.82) is 0 Å². The van der Waals surface area contributed by atoms with Crippen molar-refractivity contribution in [2.75, 3.05) is 20.2 Å². The monoisotopic (exact) mass is 279 g/mol. The van der Waals surface area contributed by atoms with Crippen molar-refractivity contribution in [2.45, 2.75) is 32.6 Å². The first-order valence-electron chi connectivity index (χ1n) is 7.16. The number of hydrogen-bond donors (Lipinski definition) is 0. The zero-order valence-corrected chi connectivity index (χ0v) is 12.2. The Hall–Kier alpha value is -1.58. The highest BCUT2D eigenvalue weighted by Crippen LogP contribution is 2.38. The van der Waals surface area contributed by atoms with Gasteiger partial charge < -0.3 is 9.64 Å². The molecule has 1 amide bonds. The Kier molecular flexibility index (Phi) is 4.63. The summed E-state index contributed by atoms with van der Waals surface area (Å²) in [6.45, 7) is 2.82. The normalized spacial score (nSPS) is 16.9. The predicted octanol–water partition coefficient (Wildman–Crippen LogP) is 3.24. The lowest BCUT2D eigenvalue weighted by molar-refractivity contribution is -0.139. The molecule has 0 aliphatic heterocycles. The molecule has 1 aromatic carbocycles. The molecule has 1 saturated carbocycles. The van der Waals surface area contributed by atoms with Crippen molar-refractivity contribution >= 4 is 5.91 Å². The van der Waals surface area contributed by atoms with E-state index in [-0.39, 0.29) is 22.9 Å². The van der Waals surface area contributed by atoms with E-state index in [1.54, 1.807) is 30.1 Å². The molecule has 3 nitrogen and oxygen atoms in total. The summed E-state index contributed by atoms with van der Waals surface area (Å²) in [5.74, 6) is 0.0387. The number of likely N-dealkylation sites (N-methyl/N-ethyl adjacent to an activating group) is 1. The molecule has 0 aromatic heterocycles. The highest BCUT2D eigenvalue weighted by atomic mass is 19.1. The number of rotatable bonds is 5. The number of carbonyl (C=O) groups excluding carboxylic acids is 1. The standard InChI is InChI=1S/C16H22FNO2/c1-16(9-5-6-10-16)15(19)18(2)11-12-20-14-8-4-3-7-13(14)17/h3-4,7-8H,5-6,9-12H2,1-2H3. The zero-order chi connectivity index (χ0) is 14.6. The van der Waals surface area contributed by atoms with Crippen LogP contribution in [0, 0.1) is 11.2 Å². The predicted molar refractivity (Wildman–Crippen MR) is 76.1 cm³/mol. The van der Waals surface area contributed by atoms with Gasteiger partial charge in [0.2, 0.25) is 5.91 Å². The Morgan fingerprint density at radius 2 is 2.00 bits per heavy atom. The number of hydrogen-bond acceptors (Lipinski definition) is 2. The van der Waals surface area contributed by atoms with E-state index in [0.717, 1.165) is 25.7 Å². The van der Waals surface area contributed by atoms with Gasteiger partial charge in [0, 0.05) is 12.5 Å². The summed E-state index contributed by atoms with van der Waals surface area (Å²) in [6.07, 6.45) is 4.18. The molecule has 1 fully saturated rings. The van der Waals surface area contributed by atoms with Gasteiger partial charge in [-0.15, -0.1) is 0 Å². The first kappa shape index (κ1) is 14.8. The van der Waals surface area contributed by atoms with Gasteiger partial charge in [0.25, 0.3) is 0 Å². The van der Waals surface area contributed by atoms with E-state index in [1.165, 1.54) is 6.07 Å². The smallest absolute Gasteiger partial charge is 0.228 e. The minimum atomic E-state index is -0.371. The molecule has 0 saturated heterocycles. The lowest BCUT2D eigenvalue weighted by atomic mass is 9.87. The van der Waals surface area contributed by atoms with Crippen LogP contribution in [0.2, 0.25) is 0 Å². The Labute approximate surface area is 119 Å². The van der Waals surface area contributed by atoms with Crippen molar-refractivity contribution < 1.29 is 13.9 Å². The molecule has 20 heavy (non-hydrogen) atoms. The molecule has 2 rings (SSSR count). The van der Waals surface area contributed by atoms with E-state index < -0.39 is 0 Å². The fourth-order valence-electron chi connectivity index (χ4n) is 2.79. The number of ether oxygens (including phenoxy) is 1. The Morgan fingerprint density at radius 3 is 2.65 bits per heavy atom. The van der Waals surface area contributed by atoms with Crippen LogP contribution in [0.15, 0.2) is 24.3 Å². The van der Waals surface area contributed by atoms with Gasteiger partial charge in [-0.1, -0.05) is 31.9 Å². The highest BCUT2D eigenvalue weighted by molar-refractivity contribution is 5.82. The molecule has 0 heterocycles. The number of para-hydroxylation sites is 1. The van der Waals surface area contributed by atoms with E-state index in [1.807, 2.05) is 6.92 Å². The van der Waals surface area contributed by atoms with Gasteiger partial charge in [-0.05, 0) is 25.0 Å². The van der Waals surface area contributed by atoms with E-state index in [4.69, 9.17) is 4.74 Å². The van der Waals surface area contributed by atoms with Gasteiger partial charge in [-0.25, -0.2) is 4.39 Å². The summed E-state index contributed by atoms with van der Waals surface area (Å²) in [5.41, 5.74) is -0.216. The first-order chi connectivity index (χ1) is 9.53. The Bertz CT molecular complexity index is 469. The van der Waals surface area contributed by atoms with E-state index >= 15 is 0 Å². The highest BCUT2D eigenvalue weighted by Gasteiger charge is 2.37. The fourth-order valence-corrected chi connectivity index (χ4v) is 2.79. The lowest BCUT2D eigenvalue weighted by Crippen LogP contribution is -2.40. The maximum atomic E-state index is 13.4. The number of amides is 1. The molecule has 0 atom stereocenters. The molecule has 1 aliphatic carbocycles. The molecule has 0 N–H and O–H groups in total. The molecule has 1 aromatic rings. The third-order valence-corrected chi connectivity index (χ3v) is 4.09. The van der Waals surface area contributed by atoms with Gasteiger partial charge in [0.1, 0.15) is 6.61 Å². The van der Waals surface area contributed by atoms with Gasteiger partial charge in [-0.2, -0.15) is 0 Å². The average molecular weight is 279 g/mol. The topological polar surface area (TPSA) is 29.5 Å². The lowest BCUT2D eigenvalue weighted by Gasteiger charge is -2.28. The second kappa shape index (κ2) is 6.25. The van der Waals surface area contributed by atoms with Crippen LogP contribution in [0.3, 0.4) is 0 Å². The Balaban J connectivity index is 1.82. The maximum Gasteiger partial charge on any atom is 0.228 e. The average Bonchev–Trinajstić information content (AvgIpc) is 2.88. The summed E-state index contributed by atoms with van der Waals surface area (Å²) in [4.78, 5) is 14.1. The molecule has 0 bridgehead atoms. The van der Waals surface area contributed by atoms with Crippen molar-refractivity contribution in [3.05, 3.63) is 30.1 Å². The SMILES string of the molecule is CN(CCOc1ccccc1F)C(=O)C1(C)CCCC1. The van der Waals surface area contributed by atoms with E-state index in [2.05, 4.69) is 0 Å². The summed E-state index contributed by atoms with van der Waals surface area (Å²) in [6, 6.07) is 6.31. The molecule has 4 heteroatoms. The zero-order valence-electron chi connectivity index (χ0n) is 12.2. The van der Waals surface area contributed by atoms with Crippen LogP contribution in [0.4, 0.5) is 4.39 Å². The van der Waals surface area contributed by atoms with E-state index in [9.17, 15) is 9.18 Å². The van der Waals surface area contributed by atoms with Crippen LogP contribution in [-0.2, 0) is 4.79 Å². The van der Waals surface area contributed by atoms with Crippen molar-refractivity contribution in [3.8, 4) is 5.75 Å². The summed E-state index contributed by atoms with van der Waals surface area (Å²) < 4.78 is 18.8. The quantitative estimate of drug-likeness (QED) is 0.828. The van der Waals surface area contributed by atoms with Crippen LogP contribution in [0.1, 0.15) is 32.6 Å². The van der Waals surface area contributed by atoms with Gasteiger partial charge in [0.15, 0.2) is 11.6 Å². The third kappa shape index (κ3) is 3.30. The molecular formula is C16H22FNO2. The summed E-state index contributed by atoms with van der Waals surface area (Å²) >= 11 is 0. The second-order valence-electron chi connectivity index (χ2n) is 5.77. The van der Waals surface area contributed by atoms with Crippen LogP contribution in [-0.4, -0.2) is 31.0 Å². The largest absolute Gasteiger partial charge is 0.489 e. The van der Waals surface area contributed by atoms with Crippen LogP contribution < -0.4 is 4.74 Å². The second-order valence-corrected chi connectivity index (χ2v) is 5.77.